The van der Waals surface area contributed by atoms with Crippen molar-refractivity contribution in [1.82, 2.24) is 0 Å². The van der Waals surface area contributed by atoms with E-state index in [1.54, 1.807) is 0 Å². The van der Waals surface area contributed by atoms with Crippen molar-refractivity contribution < 1.29 is 14.6 Å². The monoisotopic (exact) mass is 478 g/mol. The molecule has 3 nitrogen and oxygen atoms in total. The van der Waals surface area contributed by atoms with Gasteiger partial charge in [0.1, 0.15) is 11.5 Å². The highest BCUT2D eigenvalue weighted by Crippen LogP contribution is 2.71. The zero-order valence-corrected chi connectivity index (χ0v) is 17.7. The zero-order valence-electron chi connectivity index (χ0n) is 14.6. The highest BCUT2D eigenvalue weighted by Gasteiger charge is 2.74. The number of para-hydroxylation sites is 1. The molecule has 3 rings (SSSR count). The number of aliphatic carboxylic acids is 1. The lowest BCUT2D eigenvalue weighted by molar-refractivity contribution is -0.145. The average Bonchev–Trinajstić information content (AvgIpc) is 3.03. The van der Waals surface area contributed by atoms with E-state index >= 15 is 0 Å². The van der Waals surface area contributed by atoms with Crippen molar-refractivity contribution in [3.63, 3.8) is 0 Å². The van der Waals surface area contributed by atoms with Crippen molar-refractivity contribution in [1.29, 1.82) is 0 Å². The first-order valence-corrected chi connectivity index (χ1v) is 9.94. The molecule has 0 unspecified atom stereocenters. The number of allylic oxidation sites excluding steroid dienone is 1. The summed E-state index contributed by atoms with van der Waals surface area (Å²) in [7, 11) is 0. The van der Waals surface area contributed by atoms with Gasteiger partial charge in [-0.1, -0.05) is 50.3 Å². The third kappa shape index (κ3) is 3.47. The molecule has 1 aliphatic rings. The Hall–Kier alpha value is -1.59. The van der Waals surface area contributed by atoms with Crippen LogP contribution in [0.3, 0.4) is 0 Å². The van der Waals surface area contributed by atoms with Crippen LogP contribution in [0.4, 0.5) is 0 Å². The van der Waals surface area contributed by atoms with E-state index in [4.69, 9.17) is 4.74 Å². The van der Waals surface area contributed by atoms with Crippen LogP contribution in [0.15, 0.2) is 64.1 Å². The van der Waals surface area contributed by atoms with Gasteiger partial charge in [0.15, 0.2) is 0 Å². The van der Waals surface area contributed by atoms with Crippen LogP contribution in [0.2, 0.25) is 0 Å². The van der Waals surface area contributed by atoms with E-state index in [1.807, 2.05) is 74.5 Å². The molecule has 0 spiro atoms. The van der Waals surface area contributed by atoms with Crippen molar-refractivity contribution in [2.75, 3.05) is 0 Å². The van der Waals surface area contributed by atoms with Gasteiger partial charge in [-0.25, -0.2) is 0 Å². The molecule has 1 fully saturated rings. The Balaban J connectivity index is 1.87. The highest BCUT2D eigenvalue weighted by molar-refractivity contribution is 9.28. The van der Waals surface area contributed by atoms with Crippen LogP contribution in [0, 0.1) is 16.7 Å². The molecular weight excluding hydrogens is 460 g/mol. The number of ether oxygens (including phenoxy) is 1. The number of carboxylic acids is 1. The third-order valence-corrected chi connectivity index (χ3v) is 5.94. The second-order valence-electron chi connectivity index (χ2n) is 7.17. The lowest BCUT2D eigenvalue weighted by atomic mass is 9.88. The van der Waals surface area contributed by atoms with E-state index in [-0.39, 0.29) is 11.3 Å². The molecule has 1 aliphatic carbocycles. The van der Waals surface area contributed by atoms with Crippen molar-refractivity contribution in [2.24, 2.45) is 16.7 Å². The number of halogens is 2. The third-order valence-electron chi connectivity index (χ3n) is 5.41. The summed E-state index contributed by atoms with van der Waals surface area (Å²) in [6.45, 7) is 4.02. The minimum Gasteiger partial charge on any atom is -0.481 e. The lowest BCUT2D eigenvalue weighted by Gasteiger charge is -2.16. The Bertz CT molecular complexity index is 841. The molecule has 0 bridgehead atoms. The molecule has 0 heterocycles. The SMILES string of the molecule is CC1(C)[C@@H](C=C(Br)Br)[C@@]1(Cc1cccc(Oc2ccccc2)c1)C(=O)O. The first kappa shape index (κ1) is 19.2. The standard InChI is InChI=1S/C21H20Br2O3/c1-20(2)17(12-18(22)23)21(20,19(24)25)13-14-7-6-10-16(11-14)26-15-8-4-3-5-9-15/h3-12,17H,13H2,1-2H3,(H,24,25)/t17-,21+/m1/s1. The summed E-state index contributed by atoms with van der Waals surface area (Å²) in [6.07, 6.45) is 2.40. The molecule has 1 saturated carbocycles. The van der Waals surface area contributed by atoms with Gasteiger partial charge in [0, 0.05) is 5.92 Å². The van der Waals surface area contributed by atoms with Crippen LogP contribution in [-0.4, -0.2) is 11.1 Å². The summed E-state index contributed by atoms with van der Waals surface area (Å²) in [4.78, 5) is 12.2. The van der Waals surface area contributed by atoms with E-state index in [0.717, 1.165) is 14.7 Å². The molecule has 2 aromatic carbocycles. The van der Waals surface area contributed by atoms with Gasteiger partial charge in [0.2, 0.25) is 0 Å². The van der Waals surface area contributed by atoms with E-state index in [0.29, 0.717) is 12.2 Å². The maximum absolute atomic E-state index is 12.2. The lowest BCUT2D eigenvalue weighted by Crippen LogP contribution is -2.24. The smallest absolute Gasteiger partial charge is 0.311 e. The molecule has 1 N–H and O–H groups in total. The normalized spacial score (nSPS) is 23.2. The molecular formula is C21H20Br2O3. The first-order valence-electron chi connectivity index (χ1n) is 8.35. The predicted molar refractivity (Wildman–Crippen MR) is 110 cm³/mol. The van der Waals surface area contributed by atoms with Gasteiger partial charge in [-0.05, 0) is 73.5 Å². The van der Waals surface area contributed by atoms with Crippen molar-refractivity contribution in [2.45, 2.75) is 20.3 Å². The van der Waals surface area contributed by atoms with E-state index in [1.165, 1.54) is 0 Å². The molecule has 26 heavy (non-hydrogen) atoms. The van der Waals surface area contributed by atoms with Gasteiger partial charge >= 0.3 is 5.97 Å². The maximum atomic E-state index is 12.2. The van der Waals surface area contributed by atoms with Crippen LogP contribution in [-0.2, 0) is 11.2 Å². The number of hydrogen-bond acceptors (Lipinski definition) is 2. The summed E-state index contributed by atoms with van der Waals surface area (Å²) in [6, 6.07) is 17.2. The van der Waals surface area contributed by atoms with Crippen LogP contribution >= 0.6 is 31.9 Å². The minimum atomic E-state index is -0.828. The Morgan fingerprint density at radius 1 is 1.12 bits per heavy atom. The van der Waals surface area contributed by atoms with Gasteiger partial charge in [-0.3, -0.25) is 4.79 Å². The van der Waals surface area contributed by atoms with E-state index in [9.17, 15) is 9.90 Å². The second-order valence-corrected chi connectivity index (χ2v) is 9.94. The van der Waals surface area contributed by atoms with Gasteiger partial charge in [0.25, 0.3) is 0 Å². The summed E-state index contributed by atoms with van der Waals surface area (Å²) < 4.78 is 6.67. The van der Waals surface area contributed by atoms with Crippen molar-refractivity contribution >= 4 is 37.8 Å². The fourth-order valence-electron chi connectivity index (χ4n) is 3.86. The topological polar surface area (TPSA) is 46.5 Å². The molecule has 0 radical (unpaired) electrons. The Kier molecular flexibility index (Phi) is 5.31. The molecule has 5 heteroatoms. The number of carbonyl (C=O) groups is 1. The Morgan fingerprint density at radius 3 is 2.38 bits per heavy atom. The molecule has 0 aliphatic heterocycles. The summed E-state index contributed by atoms with van der Waals surface area (Å²) in [5, 5.41) is 10.00. The number of benzene rings is 2. The molecule has 0 aromatic heterocycles. The molecule has 2 aromatic rings. The van der Waals surface area contributed by atoms with Crippen LogP contribution in [0.25, 0.3) is 0 Å². The zero-order chi connectivity index (χ0) is 18.9. The average molecular weight is 480 g/mol. The quantitative estimate of drug-likeness (QED) is 0.522. The Morgan fingerprint density at radius 2 is 1.77 bits per heavy atom. The van der Waals surface area contributed by atoms with Crippen LogP contribution in [0.5, 0.6) is 11.5 Å². The van der Waals surface area contributed by atoms with Gasteiger partial charge in [-0.15, -0.1) is 0 Å². The van der Waals surface area contributed by atoms with Crippen molar-refractivity contribution in [3.05, 3.63) is 69.6 Å². The van der Waals surface area contributed by atoms with Gasteiger partial charge < -0.3 is 9.84 Å². The fourth-order valence-corrected chi connectivity index (χ4v) is 4.39. The Labute approximate surface area is 170 Å². The maximum Gasteiger partial charge on any atom is 0.311 e. The summed E-state index contributed by atoms with van der Waals surface area (Å²) in [5.41, 5.74) is -0.205. The number of carboxylic acid groups (broad SMARTS) is 1. The molecule has 0 saturated heterocycles. The summed E-state index contributed by atoms with van der Waals surface area (Å²) in [5.74, 6) is 0.647. The summed E-state index contributed by atoms with van der Waals surface area (Å²) >= 11 is 6.73. The van der Waals surface area contributed by atoms with E-state index in [2.05, 4.69) is 31.9 Å². The van der Waals surface area contributed by atoms with Crippen molar-refractivity contribution in [3.8, 4) is 11.5 Å². The molecule has 136 valence electrons. The number of rotatable bonds is 6. The largest absolute Gasteiger partial charge is 0.481 e. The number of hydrogen-bond donors (Lipinski definition) is 1. The van der Waals surface area contributed by atoms with E-state index < -0.39 is 11.4 Å². The highest BCUT2D eigenvalue weighted by atomic mass is 79.9. The molecule has 2 atom stereocenters. The fraction of sp³-hybridized carbons (Fsp3) is 0.286. The predicted octanol–water partition coefficient (Wildman–Crippen LogP) is 6.38. The molecule has 0 amide bonds. The second kappa shape index (κ2) is 7.20. The van der Waals surface area contributed by atoms with Gasteiger partial charge in [-0.2, -0.15) is 0 Å². The van der Waals surface area contributed by atoms with Crippen LogP contribution in [0.1, 0.15) is 19.4 Å². The first-order chi connectivity index (χ1) is 12.3. The van der Waals surface area contributed by atoms with Gasteiger partial charge in [0.05, 0.1) is 8.81 Å². The minimum absolute atomic E-state index is 0.0556. The van der Waals surface area contributed by atoms with Crippen LogP contribution < -0.4 is 4.74 Å².